The monoisotopic (exact) mass is 397 g/mol. The van der Waals surface area contributed by atoms with Gasteiger partial charge in [0.25, 0.3) is 0 Å². The summed E-state index contributed by atoms with van der Waals surface area (Å²) in [7, 11) is 0. The SMILES string of the molecule is CCNC(=NCc1coc(-c2ccc(C)cc2)n1)NCC1CN2CCCC2CO1. The van der Waals surface area contributed by atoms with Gasteiger partial charge in [-0.3, -0.25) is 4.90 Å². The Hall–Kier alpha value is -2.38. The summed E-state index contributed by atoms with van der Waals surface area (Å²) in [6, 6.07) is 8.79. The number of nitrogens with zero attached hydrogens (tertiary/aromatic N) is 3. The first-order valence-electron chi connectivity index (χ1n) is 10.6. The molecule has 0 saturated carbocycles. The minimum absolute atomic E-state index is 0.202. The number of aryl methyl sites for hydroxylation is 1. The average molecular weight is 398 g/mol. The van der Waals surface area contributed by atoms with Gasteiger partial charge in [-0.1, -0.05) is 17.7 Å². The van der Waals surface area contributed by atoms with Crippen LogP contribution in [-0.2, 0) is 11.3 Å². The summed E-state index contributed by atoms with van der Waals surface area (Å²) in [6.07, 6.45) is 4.45. The molecule has 156 valence electrons. The Morgan fingerprint density at radius 3 is 2.97 bits per heavy atom. The molecule has 2 aliphatic heterocycles. The van der Waals surface area contributed by atoms with E-state index in [1.54, 1.807) is 6.26 Å². The Morgan fingerprint density at radius 1 is 1.28 bits per heavy atom. The summed E-state index contributed by atoms with van der Waals surface area (Å²) in [5.41, 5.74) is 3.01. The maximum Gasteiger partial charge on any atom is 0.226 e. The Balaban J connectivity index is 1.32. The van der Waals surface area contributed by atoms with Crippen molar-refractivity contribution in [3.8, 4) is 11.5 Å². The number of guanidine groups is 1. The molecule has 2 N–H and O–H groups in total. The van der Waals surface area contributed by atoms with Crippen molar-refractivity contribution in [2.75, 3.05) is 32.8 Å². The van der Waals surface area contributed by atoms with Crippen molar-refractivity contribution < 1.29 is 9.15 Å². The minimum atomic E-state index is 0.202. The topological polar surface area (TPSA) is 74.9 Å². The molecule has 2 saturated heterocycles. The fraction of sp³-hybridized carbons (Fsp3) is 0.545. The number of aliphatic imine (C=N–C) groups is 1. The Labute approximate surface area is 172 Å². The summed E-state index contributed by atoms with van der Waals surface area (Å²) >= 11 is 0. The van der Waals surface area contributed by atoms with Gasteiger partial charge in [-0.05, 0) is 45.4 Å². The number of rotatable bonds is 6. The Bertz CT molecular complexity index is 817. The van der Waals surface area contributed by atoms with Crippen LogP contribution >= 0.6 is 0 Å². The van der Waals surface area contributed by atoms with Crippen LogP contribution in [0.3, 0.4) is 0 Å². The van der Waals surface area contributed by atoms with Crippen molar-refractivity contribution in [3.05, 3.63) is 41.8 Å². The largest absolute Gasteiger partial charge is 0.444 e. The van der Waals surface area contributed by atoms with Gasteiger partial charge in [0.05, 0.1) is 19.3 Å². The number of ether oxygens (including phenoxy) is 1. The highest BCUT2D eigenvalue weighted by Crippen LogP contribution is 2.22. The van der Waals surface area contributed by atoms with E-state index in [2.05, 4.69) is 51.5 Å². The molecule has 0 amide bonds. The summed E-state index contributed by atoms with van der Waals surface area (Å²) in [5, 5.41) is 6.71. The van der Waals surface area contributed by atoms with Crippen molar-refractivity contribution in [2.24, 2.45) is 4.99 Å². The van der Waals surface area contributed by atoms with Crippen LogP contribution in [0.25, 0.3) is 11.5 Å². The van der Waals surface area contributed by atoms with E-state index in [0.29, 0.717) is 18.5 Å². The number of fused-ring (bicyclic) bond motifs is 1. The third-order valence-electron chi connectivity index (χ3n) is 5.55. The van der Waals surface area contributed by atoms with Gasteiger partial charge in [0.15, 0.2) is 5.96 Å². The summed E-state index contributed by atoms with van der Waals surface area (Å²) in [4.78, 5) is 11.8. The van der Waals surface area contributed by atoms with Gasteiger partial charge in [0, 0.05) is 31.2 Å². The molecule has 7 nitrogen and oxygen atoms in total. The fourth-order valence-corrected chi connectivity index (χ4v) is 3.93. The van der Waals surface area contributed by atoms with Gasteiger partial charge in [0.2, 0.25) is 5.89 Å². The number of oxazole rings is 1. The molecular weight excluding hydrogens is 366 g/mol. The van der Waals surface area contributed by atoms with E-state index in [9.17, 15) is 0 Å². The highest BCUT2D eigenvalue weighted by molar-refractivity contribution is 5.79. The first kappa shape index (κ1) is 19.9. The molecule has 2 aromatic rings. The molecule has 2 fully saturated rings. The molecule has 2 atom stereocenters. The van der Waals surface area contributed by atoms with Crippen LogP contribution in [0.4, 0.5) is 0 Å². The molecule has 29 heavy (non-hydrogen) atoms. The van der Waals surface area contributed by atoms with E-state index >= 15 is 0 Å². The molecular formula is C22H31N5O2. The van der Waals surface area contributed by atoms with E-state index in [0.717, 1.165) is 43.5 Å². The number of hydrogen-bond acceptors (Lipinski definition) is 5. The minimum Gasteiger partial charge on any atom is -0.444 e. The fourth-order valence-electron chi connectivity index (χ4n) is 3.93. The lowest BCUT2D eigenvalue weighted by Gasteiger charge is -2.35. The maximum atomic E-state index is 6.03. The van der Waals surface area contributed by atoms with Crippen LogP contribution in [0.15, 0.2) is 39.9 Å². The highest BCUT2D eigenvalue weighted by atomic mass is 16.5. The highest BCUT2D eigenvalue weighted by Gasteiger charge is 2.32. The van der Waals surface area contributed by atoms with Gasteiger partial charge in [-0.25, -0.2) is 9.98 Å². The lowest BCUT2D eigenvalue weighted by molar-refractivity contribution is -0.0453. The molecule has 0 aliphatic carbocycles. The number of morpholine rings is 1. The van der Waals surface area contributed by atoms with Crippen LogP contribution in [0.2, 0.25) is 0 Å². The van der Waals surface area contributed by atoms with Gasteiger partial charge >= 0.3 is 0 Å². The second-order valence-electron chi connectivity index (χ2n) is 7.83. The number of benzene rings is 1. The molecule has 7 heteroatoms. The van der Waals surface area contributed by atoms with Crippen molar-refractivity contribution >= 4 is 5.96 Å². The van der Waals surface area contributed by atoms with E-state index < -0.39 is 0 Å². The van der Waals surface area contributed by atoms with Crippen LogP contribution in [0.5, 0.6) is 0 Å². The lowest BCUT2D eigenvalue weighted by Crippen LogP contribution is -2.51. The van der Waals surface area contributed by atoms with Crippen LogP contribution in [0, 0.1) is 6.92 Å². The number of hydrogen-bond donors (Lipinski definition) is 2. The summed E-state index contributed by atoms with van der Waals surface area (Å²) in [6.45, 7) is 9.20. The van der Waals surface area contributed by atoms with Crippen LogP contribution in [-0.4, -0.2) is 60.8 Å². The van der Waals surface area contributed by atoms with Crippen molar-refractivity contribution in [1.29, 1.82) is 0 Å². The van der Waals surface area contributed by atoms with Crippen LogP contribution in [0.1, 0.15) is 31.0 Å². The Morgan fingerprint density at radius 2 is 2.14 bits per heavy atom. The average Bonchev–Trinajstić information content (AvgIpc) is 3.39. The molecule has 3 heterocycles. The second-order valence-corrected chi connectivity index (χ2v) is 7.83. The van der Waals surface area contributed by atoms with Gasteiger partial charge in [-0.15, -0.1) is 0 Å². The summed E-state index contributed by atoms with van der Waals surface area (Å²) in [5.74, 6) is 1.41. The number of nitrogens with one attached hydrogen (secondary N) is 2. The Kier molecular flexibility index (Phi) is 6.46. The molecule has 4 rings (SSSR count). The standard InChI is InChI=1S/C22H31N5O2/c1-3-23-22(25-12-20-13-27-10-4-5-19(27)15-28-20)24-11-18-14-29-21(26-18)17-8-6-16(2)7-9-17/h6-9,14,19-20H,3-5,10-13,15H2,1-2H3,(H2,23,24,25). The number of aromatic nitrogens is 1. The molecule has 0 radical (unpaired) electrons. The van der Waals surface area contributed by atoms with Gasteiger partial charge < -0.3 is 19.8 Å². The molecule has 1 aromatic carbocycles. The molecule has 0 bridgehead atoms. The second kappa shape index (κ2) is 9.41. The van der Waals surface area contributed by atoms with Crippen LogP contribution < -0.4 is 10.6 Å². The zero-order valence-electron chi connectivity index (χ0n) is 17.4. The molecule has 2 aliphatic rings. The van der Waals surface area contributed by atoms with Crippen molar-refractivity contribution in [2.45, 2.75) is 45.4 Å². The van der Waals surface area contributed by atoms with Gasteiger partial charge in [-0.2, -0.15) is 0 Å². The molecule has 2 unspecified atom stereocenters. The predicted octanol–water partition coefficient (Wildman–Crippen LogP) is 2.57. The van der Waals surface area contributed by atoms with E-state index in [1.807, 2.05) is 12.1 Å². The smallest absolute Gasteiger partial charge is 0.226 e. The van der Waals surface area contributed by atoms with E-state index in [1.165, 1.54) is 24.9 Å². The van der Waals surface area contributed by atoms with E-state index in [-0.39, 0.29) is 6.10 Å². The zero-order chi connectivity index (χ0) is 20.1. The van der Waals surface area contributed by atoms with Crippen molar-refractivity contribution in [3.63, 3.8) is 0 Å². The molecule has 1 aromatic heterocycles. The van der Waals surface area contributed by atoms with Crippen molar-refractivity contribution in [1.82, 2.24) is 20.5 Å². The third kappa shape index (κ3) is 5.16. The zero-order valence-corrected chi connectivity index (χ0v) is 17.4. The maximum absolute atomic E-state index is 6.03. The first-order valence-corrected chi connectivity index (χ1v) is 10.6. The summed E-state index contributed by atoms with van der Waals surface area (Å²) < 4.78 is 11.7. The molecule has 0 spiro atoms. The van der Waals surface area contributed by atoms with E-state index in [4.69, 9.17) is 9.15 Å². The lowest BCUT2D eigenvalue weighted by atomic mass is 10.1. The predicted molar refractivity (Wildman–Crippen MR) is 114 cm³/mol. The quantitative estimate of drug-likeness (QED) is 0.576. The van der Waals surface area contributed by atoms with Gasteiger partial charge in [0.1, 0.15) is 12.0 Å². The first-order chi connectivity index (χ1) is 14.2. The third-order valence-corrected chi connectivity index (χ3v) is 5.55. The normalized spacial score (nSPS) is 22.5.